The number of hydrogen-bond acceptors (Lipinski definition) is 2. The predicted molar refractivity (Wildman–Crippen MR) is 89.7 cm³/mol. The second-order valence-electron chi connectivity index (χ2n) is 7.48. The smallest absolute Gasteiger partial charge is 0.0705 e. The van der Waals surface area contributed by atoms with Crippen LogP contribution in [0.5, 0.6) is 0 Å². The van der Waals surface area contributed by atoms with Gasteiger partial charge in [-0.2, -0.15) is 0 Å². The van der Waals surface area contributed by atoms with E-state index in [-0.39, 0.29) is 5.54 Å². The van der Waals surface area contributed by atoms with Crippen molar-refractivity contribution in [3.63, 3.8) is 0 Å². The van der Waals surface area contributed by atoms with E-state index in [0.717, 1.165) is 23.7 Å². The second-order valence-corrected chi connectivity index (χ2v) is 7.48. The summed E-state index contributed by atoms with van der Waals surface area (Å²) in [6.07, 6.45) is 2.67. The molecule has 2 unspecified atom stereocenters. The van der Waals surface area contributed by atoms with Crippen LogP contribution in [0, 0.1) is 12.8 Å². The van der Waals surface area contributed by atoms with Gasteiger partial charge in [0.05, 0.1) is 5.52 Å². The zero-order valence-corrected chi connectivity index (χ0v) is 13.6. The van der Waals surface area contributed by atoms with Crippen LogP contribution in [0.25, 0.3) is 10.9 Å². The molecular formula is C19H26N2. The number of benzene rings is 1. The van der Waals surface area contributed by atoms with Gasteiger partial charge in [0.25, 0.3) is 0 Å². The van der Waals surface area contributed by atoms with Crippen LogP contribution in [-0.2, 0) is 0 Å². The first-order valence-corrected chi connectivity index (χ1v) is 8.05. The molecule has 1 aromatic heterocycles. The number of rotatable bonds is 3. The maximum atomic E-state index is 4.60. The number of aromatic nitrogens is 1. The monoisotopic (exact) mass is 282 g/mol. The summed E-state index contributed by atoms with van der Waals surface area (Å²) in [5.74, 6) is 1.49. The van der Waals surface area contributed by atoms with Gasteiger partial charge in [-0.3, -0.25) is 4.98 Å². The molecule has 1 fully saturated rings. The lowest BCUT2D eigenvalue weighted by Crippen LogP contribution is -2.42. The van der Waals surface area contributed by atoms with Crippen molar-refractivity contribution >= 4 is 10.9 Å². The molecule has 0 aliphatic heterocycles. The molecule has 1 heterocycles. The SMILES string of the molecule is Cc1ccc2cc(C3CCC3CNC(C)(C)C)ccc2n1. The van der Waals surface area contributed by atoms with E-state index in [0.29, 0.717) is 5.92 Å². The molecule has 2 aromatic rings. The molecule has 1 saturated carbocycles. The van der Waals surface area contributed by atoms with E-state index >= 15 is 0 Å². The Labute approximate surface area is 128 Å². The van der Waals surface area contributed by atoms with E-state index in [1.54, 1.807) is 0 Å². The summed E-state index contributed by atoms with van der Waals surface area (Å²) in [6, 6.07) is 11.1. The number of aryl methyl sites for hydroxylation is 1. The minimum Gasteiger partial charge on any atom is -0.312 e. The third kappa shape index (κ3) is 3.26. The largest absolute Gasteiger partial charge is 0.312 e. The van der Waals surface area contributed by atoms with Crippen LogP contribution in [0.1, 0.15) is 50.8 Å². The third-order valence-corrected chi connectivity index (χ3v) is 4.59. The highest BCUT2D eigenvalue weighted by atomic mass is 14.9. The number of pyridine rings is 1. The average Bonchev–Trinajstić information content (AvgIpc) is 2.36. The van der Waals surface area contributed by atoms with Gasteiger partial charge in [0, 0.05) is 16.6 Å². The van der Waals surface area contributed by atoms with Crippen LogP contribution in [0.15, 0.2) is 30.3 Å². The average molecular weight is 282 g/mol. The van der Waals surface area contributed by atoms with Crippen LogP contribution in [0.3, 0.4) is 0 Å². The first kappa shape index (κ1) is 14.5. The first-order valence-electron chi connectivity index (χ1n) is 8.05. The van der Waals surface area contributed by atoms with Gasteiger partial charge in [0.2, 0.25) is 0 Å². The lowest BCUT2D eigenvalue weighted by molar-refractivity contribution is 0.226. The molecule has 0 bridgehead atoms. The minimum atomic E-state index is 0.213. The molecule has 0 amide bonds. The molecule has 0 spiro atoms. The van der Waals surface area contributed by atoms with Crippen molar-refractivity contribution in [3.05, 3.63) is 41.6 Å². The quantitative estimate of drug-likeness (QED) is 0.901. The summed E-state index contributed by atoms with van der Waals surface area (Å²) in [6.45, 7) is 9.89. The summed E-state index contributed by atoms with van der Waals surface area (Å²) in [4.78, 5) is 4.60. The Bertz CT molecular complexity index is 640. The molecule has 2 atom stereocenters. The Hall–Kier alpha value is -1.41. The molecule has 112 valence electrons. The van der Waals surface area contributed by atoms with E-state index in [9.17, 15) is 0 Å². The fourth-order valence-electron chi connectivity index (χ4n) is 3.17. The van der Waals surface area contributed by atoms with Crippen molar-refractivity contribution in [3.8, 4) is 0 Å². The van der Waals surface area contributed by atoms with E-state index in [1.807, 2.05) is 6.92 Å². The van der Waals surface area contributed by atoms with Crippen LogP contribution in [-0.4, -0.2) is 17.1 Å². The highest BCUT2D eigenvalue weighted by molar-refractivity contribution is 5.79. The van der Waals surface area contributed by atoms with E-state index in [2.05, 4.69) is 61.4 Å². The zero-order valence-electron chi connectivity index (χ0n) is 13.6. The Kier molecular flexibility index (Phi) is 3.75. The van der Waals surface area contributed by atoms with Gasteiger partial charge in [0.15, 0.2) is 0 Å². The van der Waals surface area contributed by atoms with Crippen molar-refractivity contribution in [1.82, 2.24) is 10.3 Å². The lowest BCUT2D eigenvalue weighted by atomic mass is 9.69. The Balaban J connectivity index is 1.76. The first-order chi connectivity index (χ1) is 9.92. The fraction of sp³-hybridized carbons (Fsp3) is 0.526. The molecule has 3 rings (SSSR count). The van der Waals surface area contributed by atoms with Crippen molar-refractivity contribution in [2.75, 3.05) is 6.54 Å². The molecule has 2 heteroatoms. The van der Waals surface area contributed by atoms with Crippen LogP contribution in [0.4, 0.5) is 0 Å². The van der Waals surface area contributed by atoms with Gasteiger partial charge in [-0.25, -0.2) is 0 Å². The van der Waals surface area contributed by atoms with Gasteiger partial charge in [-0.1, -0.05) is 12.1 Å². The van der Waals surface area contributed by atoms with Gasteiger partial charge >= 0.3 is 0 Å². The summed E-state index contributed by atoms with van der Waals surface area (Å²) >= 11 is 0. The van der Waals surface area contributed by atoms with Crippen molar-refractivity contribution in [1.29, 1.82) is 0 Å². The normalized spacial score (nSPS) is 22.3. The Morgan fingerprint density at radius 3 is 2.62 bits per heavy atom. The lowest BCUT2D eigenvalue weighted by Gasteiger charge is -2.39. The fourth-order valence-corrected chi connectivity index (χ4v) is 3.17. The highest BCUT2D eigenvalue weighted by Crippen LogP contribution is 2.42. The van der Waals surface area contributed by atoms with Gasteiger partial charge < -0.3 is 5.32 Å². The standard InChI is InChI=1S/C19H26N2/c1-13-5-6-15-11-14(8-10-18(15)21-13)17-9-7-16(17)12-20-19(2,3)4/h5-6,8,10-11,16-17,20H,7,9,12H2,1-4H3. The number of fused-ring (bicyclic) bond motifs is 1. The molecule has 2 nitrogen and oxygen atoms in total. The summed E-state index contributed by atoms with van der Waals surface area (Å²) in [7, 11) is 0. The number of nitrogens with zero attached hydrogens (tertiary/aromatic N) is 1. The van der Waals surface area contributed by atoms with Gasteiger partial charge in [-0.15, -0.1) is 0 Å². The van der Waals surface area contributed by atoms with Gasteiger partial charge in [0.1, 0.15) is 0 Å². The van der Waals surface area contributed by atoms with Crippen molar-refractivity contribution < 1.29 is 0 Å². The van der Waals surface area contributed by atoms with Crippen LogP contribution in [0.2, 0.25) is 0 Å². The zero-order chi connectivity index (χ0) is 15.0. The van der Waals surface area contributed by atoms with E-state index in [4.69, 9.17) is 0 Å². The van der Waals surface area contributed by atoms with E-state index in [1.165, 1.54) is 23.8 Å². The topological polar surface area (TPSA) is 24.9 Å². The molecule has 0 radical (unpaired) electrons. The maximum absolute atomic E-state index is 4.60. The molecule has 1 aliphatic carbocycles. The minimum absolute atomic E-state index is 0.213. The van der Waals surface area contributed by atoms with Crippen molar-refractivity contribution in [2.24, 2.45) is 5.92 Å². The van der Waals surface area contributed by atoms with Crippen LogP contribution >= 0.6 is 0 Å². The molecule has 0 saturated heterocycles. The summed E-state index contributed by atoms with van der Waals surface area (Å²) < 4.78 is 0. The van der Waals surface area contributed by atoms with Crippen molar-refractivity contribution in [2.45, 2.75) is 52.0 Å². The molecule has 1 aromatic carbocycles. The number of hydrogen-bond donors (Lipinski definition) is 1. The molecule has 1 aliphatic rings. The summed E-state index contributed by atoms with van der Waals surface area (Å²) in [5, 5.41) is 4.93. The van der Waals surface area contributed by atoms with E-state index < -0.39 is 0 Å². The molecular weight excluding hydrogens is 256 g/mol. The Morgan fingerprint density at radius 2 is 1.95 bits per heavy atom. The summed E-state index contributed by atoms with van der Waals surface area (Å²) in [5.41, 5.74) is 3.90. The predicted octanol–water partition coefficient (Wildman–Crippen LogP) is 4.42. The third-order valence-electron chi connectivity index (χ3n) is 4.59. The highest BCUT2D eigenvalue weighted by Gasteiger charge is 2.32. The molecule has 1 N–H and O–H groups in total. The number of nitrogens with one attached hydrogen (secondary N) is 1. The second kappa shape index (κ2) is 5.42. The van der Waals surface area contributed by atoms with Crippen LogP contribution < -0.4 is 5.32 Å². The molecule has 21 heavy (non-hydrogen) atoms. The Morgan fingerprint density at radius 1 is 1.14 bits per heavy atom. The van der Waals surface area contributed by atoms with Gasteiger partial charge in [-0.05, 0) is 82.7 Å². The maximum Gasteiger partial charge on any atom is 0.0705 e.